The van der Waals surface area contributed by atoms with E-state index in [0.717, 1.165) is 11.6 Å². The molecule has 2 aromatic carbocycles. The van der Waals surface area contributed by atoms with E-state index in [1.165, 1.54) is 18.5 Å². The number of anilines is 1. The van der Waals surface area contributed by atoms with E-state index in [1.54, 1.807) is 30.5 Å². The maximum Gasteiger partial charge on any atom is 0.258 e. The third-order valence-corrected chi connectivity index (χ3v) is 3.27. The summed E-state index contributed by atoms with van der Waals surface area (Å²) in [6.45, 7) is 0. The van der Waals surface area contributed by atoms with E-state index in [9.17, 15) is 9.18 Å². The van der Waals surface area contributed by atoms with Gasteiger partial charge in [0.1, 0.15) is 5.82 Å². The van der Waals surface area contributed by atoms with Crippen molar-refractivity contribution in [3.63, 3.8) is 0 Å². The first-order valence-corrected chi connectivity index (χ1v) is 6.76. The molecule has 1 heterocycles. The first kappa shape index (κ1) is 14.3. The molecule has 4 nitrogen and oxygen atoms in total. The summed E-state index contributed by atoms with van der Waals surface area (Å²) in [5, 5.41) is 2.91. The molecule has 0 spiro atoms. The van der Waals surface area contributed by atoms with Gasteiger partial charge in [-0.15, -0.1) is 0 Å². The molecular formula is C16H10ClFN2O2. The summed E-state index contributed by atoms with van der Waals surface area (Å²) < 4.78 is 18.8. The number of aromatic nitrogens is 1. The van der Waals surface area contributed by atoms with Crippen molar-refractivity contribution in [2.45, 2.75) is 0 Å². The lowest BCUT2D eigenvalue weighted by Crippen LogP contribution is -2.13. The molecule has 0 radical (unpaired) electrons. The Morgan fingerprint density at radius 3 is 2.64 bits per heavy atom. The van der Waals surface area contributed by atoms with Gasteiger partial charge in [0.2, 0.25) is 0 Å². The first-order chi connectivity index (χ1) is 10.6. The topological polar surface area (TPSA) is 55.1 Å². The number of carbonyl (C=O) groups is 1. The van der Waals surface area contributed by atoms with Crippen molar-refractivity contribution in [3.8, 4) is 11.3 Å². The van der Waals surface area contributed by atoms with Crippen LogP contribution in [0.4, 0.5) is 10.1 Å². The van der Waals surface area contributed by atoms with Gasteiger partial charge >= 0.3 is 0 Å². The summed E-state index contributed by atoms with van der Waals surface area (Å²) in [6.07, 6.45) is 2.93. The van der Waals surface area contributed by atoms with E-state index >= 15 is 0 Å². The molecular weight excluding hydrogens is 307 g/mol. The van der Waals surface area contributed by atoms with Crippen LogP contribution in [0.2, 0.25) is 5.02 Å². The van der Waals surface area contributed by atoms with E-state index in [4.69, 9.17) is 16.0 Å². The molecule has 1 amide bonds. The van der Waals surface area contributed by atoms with Crippen molar-refractivity contribution in [2.24, 2.45) is 0 Å². The molecule has 0 aliphatic rings. The molecule has 22 heavy (non-hydrogen) atoms. The van der Waals surface area contributed by atoms with Crippen molar-refractivity contribution in [2.75, 3.05) is 5.32 Å². The zero-order chi connectivity index (χ0) is 15.5. The Bertz CT molecular complexity index is 802. The minimum atomic E-state index is -0.625. The van der Waals surface area contributed by atoms with Crippen molar-refractivity contribution >= 4 is 23.2 Å². The second-order valence-corrected chi connectivity index (χ2v) is 4.96. The molecule has 0 bridgehead atoms. The van der Waals surface area contributed by atoms with Gasteiger partial charge in [0.25, 0.3) is 5.91 Å². The lowest BCUT2D eigenvalue weighted by Gasteiger charge is -2.07. The number of carbonyl (C=O) groups excluding carboxylic acids is 1. The highest BCUT2D eigenvalue weighted by Crippen LogP contribution is 2.22. The molecule has 0 fully saturated rings. The standard InChI is InChI=1S/C16H10ClFN2O2/c17-11-3-6-14(18)13(7-11)16(21)20-12-4-1-10(2-5-12)15-8-19-9-22-15/h1-9H,(H,20,21). The fourth-order valence-corrected chi connectivity index (χ4v) is 2.12. The molecule has 6 heteroatoms. The highest BCUT2D eigenvalue weighted by atomic mass is 35.5. The van der Waals surface area contributed by atoms with E-state index in [0.29, 0.717) is 16.5 Å². The van der Waals surface area contributed by atoms with Crippen molar-refractivity contribution in [1.82, 2.24) is 4.98 Å². The molecule has 3 aromatic rings. The van der Waals surface area contributed by atoms with Crippen LogP contribution >= 0.6 is 11.6 Å². The third kappa shape index (κ3) is 2.99. The highest BCUT2D eigenvalue weighted by molar-refractivity contribution is 6.31. The van der Waals surface area contributed by atoms with E-state index in [-0.39, 0.29) is 5.56 Å². The molecule has 0 saturated heterocycles. The Hall–Kier alpha value is -2.66. The van der Waals surface area contributed by atoms with Gasteiger partial charge in [-0.3, -0.25) is 4.79 Å². The number of hydrogen-bond acceptors (Lipinski definition) is 3. The average molecular weight is 317 g/mol. The molecule has 110 valence electrons. The summed E-state index contributed by atoms with van der Waals surface area (Å²) in [5.74, 6) is -0.564. The van der Waals surface area contributed by atoms with Crippen LogP contribution in [0.1, 0.15) is 10.4 Å². The molecule has 0 aliphatic carbocycles. The minimum Gasteiger partial charge on any atom is -0.444 e. The highest BCUT2D eigenvalue weighted by Gasteiger charge is 2.12. The second-order valence-electron chi connectivity index (χ2n) is 4.52. The Labute approximate surface area is 130 Å². The quantitative estimate of drug-likeness (QED) is 0.779. The lowest BCUT2D eigenvalue weighted by molar-refractivity contribution is 0.102. The van der Waals surface area contributed by atoms with Gasteiger partial charge in [-0.05, 0) is 42.5 Å². The van der Waals surface area contributed by atoms with Crippen molar-refractivity contribution < 1.29 is 13.6 Å². The Balaban J connectivity index is 1.78. The van der Waals surface area contributed by atoms with Crippen LogP contribution in [-0.2, 0) is 0 Å². The summed E-state index contributed by atoms with van der Waals surface area (Å²) in [5.41, 5.74) is 1.25. The number of benzene rings is 2. The monoisotopic (exact) mass is 316 g/mol. The van der Waals surface area contributed by atoms with E-state index in [1.807, 2.05) is 0 Å². The van der Waals surface area contributed by atoms with Crippen molar-refractivity contribution in [1.29, 1.82) is 0 Å². The van der Waals surface area contributed by atoms with Crippen LogP contribution in [0.3, 0.4) is 0 Å². The van der Waals surface area contributed by atoms with Crippen LogP contribution in [-0.4, -0.2) is 10.9 Å². The average Bonchev–Trinajstić information content (AvgIpc) is 3.05. The maximum absolute atomic E-state index is 13.6. The molecule has 0 unspecified atom stereocenters. The van der Waals surface area contributed by atoms with Crippen LogP contribution in [0, 0.1) is 5.82 Å². The fraction of sp³-hybridized carbons (Fsp3) is 0. The molecule has 1 aromatic heterocycles. The number of amides is 1. The number of nitrogens with zero attached hydrogens (tertiary/aromatic N) is 1. The Morgan fingerprint density at radius 2 is 1.95 bits per heavy atom. The van der Waals surface area contributed by atoms with Gasteiger partial charge in [0, 0.05) is 16.3 Å². The number of halogens is 2. The van der Waals surface area contributed by atoms with Gasteiger partial charge in [0.15, 0.2) is 12.2 Å². The van der Waals surface area contributed by atoms with Gasteiger partial charge < -0.3 is 9.73 Å². The second kappa shape index (κ2) is 5.99. The minimum absolute atomic E-state index is 0.105. The van der Waals surface area contributed by atoms with Crippen molar-refractivity contribution in [3.05, 3.63) is 71.5 Å². The molecule has 0 aliphatic heterocycles. The molecule has 0 saturated carbocycles. The smallest absolute Gasteiger partial charge is 0.258 e. The number of nitrogens with one attached hydrogen (secondary N) is 1. The van der Waals surface area contributed by atoms with Gasteiger partial charge in [0.05, 0.1) is 11.8 Å². The number of oxazole rings is 1. The van der Waals surface area contributed by atoms with Gasteiger partial charge in [-0.2, -0.15) is 0 Å². The zero-order valence-electron chi connectivity index (χ0n) is 11.2. The number of hydrogen-bond donors (Lipinski definition) is 1. The summed E-state index contributed by atoms with van der Waals surface area (Å²) in [7, 11) is 0. The van der Waals surface area contributed by atoms with Crippen LogP contribution in [0.25, 0.3) is 11.3 Å². The Morgan fingerprint density at radius 1 is 1.18 bits per heavy atom. The molecule has 1 N–H and O–H groups in total. The normalized spacial score (nSPS) is 10.5. The zero-order valence-corrected chi connectivity index (χ0v) is 12.0. The van der Waals surface area contributed by atoms with Gasteiger partial charge in [-0.1, -0.05) is 11.6 Å². The first-order valence-electron chi connectivity index (χ1n) is 6.39. The van der Waals surface area contributed by atoms with Crippen LogP contribution in [0.15, 0.2) is 59.5 Å². The predicted molar refractivity (Wildman–Crippen MR) is 81.3 cm³/mol. The predicted octanol–water partition coefficient (Wildman–Crippen LogP) is 4.39. The van der Waals surface area contributed by atoms with E-state index in [2.05, 4.69) is 10.3 Å². The fourth-order valence-electron chi connectivity index (χ4n) is 1.95. The third-order valence-electron chi connectivity index (χ3n) is 3.03. The Kier molecular flexibility index (Phi) is 3.89. The summed E-state index contributed by atoms with van der Waals surface area (Å²) in [4.78, 5) is 15.9. The summed E-state index contributed by atoms with van der Waals surface area (Å²) >= 11 is 5.78. The molecule has 0 atom stereocenters. The van der Waals surface area contributed by atoms with E-state index < -0.39 is 11.7 Å². The maximum atomic E-state index is 13.6. The lowest BCUT2D eigenvalue weighted by atomic mass is 10.1. The number of rotatable bonds is 3. The van der Waals surface area contributed by atoms with Crippen LogP contribution in [0.5, 0.6) is 0 Å². The summed E-state index contributed by atoms with van der Waals surface area (Å²) in [6, 6.07) is 10.8. The largest absolute Gasteiger partial charge is 0.444 e. The SMILES string of the molecule is O=C(Nc1ccc(-c2cnco2)cc1)c1cc(Cl)ccc1F. The van der Waals surface area contributed by atoms with Crippen LogP contribution < -0.4 is 5.32 Å². The molecule has 3 rings (SSSR count). The van der Waals surface area contributed by atoms with Gasteiger partial charge in [-0.25, -0.2) is 9.37 Å².